The molecule has 1 aliphatic rings. The average Bonchev–Trinajstić information content (AvgIpc) is 3.24. The van der Waals surface area contributed by atoms with Crippen molar-refractivity contribution in [3.8, 4) is 39.1 Å². The van der Waals surface area contributed by atoms with Crippen LogP contribution < -0.4 is 14.2 Å². The molecule has 1 aromatic heterocycles. The van der Waals surface area contributed by atoms with Gasteiger partial charge in [0.1, 0.15) is 10.8 Å². The third-order valence-corrected chi connectivity index (χ3v) is 4.47. The van der Waals surface area contributed by atoms with Gasteiger partial charge in [-0.2, -0.15) is 0 Å². The first kappa shape index (κ1) is 14.1. The maximum absolute atomic E-state index is 5.70. The molecule has 0 amide bonds. The van der Waals surface area contributed by atoms with Crippen molar-refractivity contribution in [2.45, 2.75) is 6.92 Å². The molecule has 0 saturated carbocycles. The van der Waals surface area contributed by atoms with Crippen molar-refractivity contribution in [2.75, 3.05) is 13.4 Å². The van der Waals surface area contributed by atoms with Crippen molar-refractivity contribution in [1.82, 2.24) is 4.98 Å². The molecule has 0 aliphatic carbocycles. The monoisotopic (exact) mass is 325 g/mol. The van der Waals surface area contributed by atoms with Gasteiger partial charge in [0.2, 0.25) is 6.79 Å². The van der Waals surface area contributed by atoms with Gasteiger partial charge in [-0.15, -0.1) is 11.3 Å². The predicted octanol–water partition coefficient (Wildman–Crippen LogP) is 4.60. The van der Waals surface area contributed by atoms with E-state index in [1.165, 1.54) is 0 Å². The van der Waals surface area contributed by atoms with E-state index < -0.39 is 0 Å². The summed E-state index contributed by atoms with van der Waals surface area (Å²) in [5, 5.41) is 3.00. The van der Waals surface area contributed by atoms with E-state index in [2.05, 4.69) is 5.38 Å². The van der Waals surface area contributed by atoms with E-state index >= 15 is 0 Å². The molecule has 0 unspecified atom stereocenters. The fourth-order valence-corrected chi connectivity index (χ4v) is 3.37. The molecule has 0 spiro atoms. The molecular weight excluding hydrogens is 310 g/mol. The summed E-state index contributed by atoms with van der Waals surface area (Å²) in [6, 6.07) is 13.9. The number of benzene rings is 2. The quantitative estimate of drug-likeness (QED) is 0.702. The summed E-state index contributed by atoms with van der Waals surface area (Å²) in [5.74, 6) is 2.42. The summed E-state index contributed by atoms with van der Waals surface area (Å²) in [6.45, 7) is 2.90. The molecule has 0 saturated heterocycles. The zero-order valence-corrected chi connectivity index (χ0v) is 13.4. The van der Waals surface area contributed by atoms with Crippen LogP contribution >= 0.6 is 11.3 Å². The Bertz CT molecular complexity index is 844. The zero-order valence-electron chi connectivity index (χ0n) is 12.6. The van der Waals surface area contributed by atoms with Gasteiger partial charge < -0.3 is 14.2 Å². The minimum absolute atomic E-state index is 0.281. The number of rotatable bonds is 4. The number of fused-ring (bicyclic) bond motifs is 1. The highest BCUT2D eigenvalue weighted by Crippen LogP contribution is 2.38. The topological polar surface area (TPSA) is 40.6 Å². The highest BCUT2D eigenvalue weighted by Gasteiger charge is 2.16. The fraction of sp³-hybridized carbons (Fsp3) is 0.167. The van der Waals surface area contributed by atoms with Gasteiger partial charge in [-0.25, -0.2) is 4.98 Å². The van der Waals surface area contributed by atoms with E-state index in [-0.39, 0.29) is 6.79 Å². The van der Waals surface area contributed by atoms with E-state index in [0.717, 1.165) is 39.1 Å². The molecule has 4 rings (SSSR count). The smallest absolute Gasteiger partial charge is 0.231 e. The highest BCUT2D eigenvalue weighted by atomic mass is 32.1. The third-order valence-electron chi connectivity index (χ3n) is 3.59. The number of nitrogens with zero attached hydrogens (tertiary/aromatic N) is 1. The van der Waals surface area contributed by atoms with E-state index in [9.17, 15) is 0 Å². The van der Waals surface area contributed by atoms with Crippen molar-refractivity contribution in [3.05, 3.63) is 47.8 Å². The number of ether oxygens (including phenoxy) is 3. The van der Waals surface area contributed by atoms with Gasteiger partial charge in [0.05, 0.1) is 17.9 Å². The second kappa shape index (κ2) is 5.93. The lowest BCUT2D eigenvalue weighted by atomic mass is 10.1. The van der Waals surface area contributed by atoms with Crippen LogP contribution in [0.2, 0.25) is 0 Å². The SMILES string of the molecule is CCOc1ccccc1-c1nc(-c2ccc3c(c2)OCO3)cs1. The zero-order chi connectivity index (χ0) is 15.6. The minimum atomic E-state index is 0.281. The minimum Gasteiger partial charge on any atom is -0.493 e. The van der Waals surface area contributed by atoms with Crippen LogP contribution in [0.4, 0.5) is 0 Å². The Hall–Kier alpha value is -2.53. The van der Waals surface area contributed by atoms with Crippen LogP contribution in [0.5, 0.6) is 17.2 Å². The molecule has 4 nitrogen and oxygen atoms in total. The standard InChI is InChI=1S/C18H15NO3S/c1-2-20-15-6-4-3-5-13(15)18-19-14(10-23-18)12-7-8-16-17(9-12)22-11-21-16/h3-10H,2,11H2,1H3. The van der Waals surface area contributed by atoms with Gasteiger partial charge in [-0.3, -0.25) is 0 Å². The average molecular weight is 325 g/mol. The normalized spacial score (nSPS) is 12.4. The second-order valence-corrected chi connectivity index (χ2v) is 5.89. The third kappa shape index (κ3) is 2.64. The Morgan fingerprint density at radius 2 is 2.00 bits per heavy atom. The van der Waals surface area contributed by atoms with Gasteiger partial charge in [0.15, 0.2) is 11.5 Å². The number of thiazole rings is 1. The van der Waals surface area contributed by atoms with Crippen molar-refractivity contribution >= 4 is 11.3 Å². The Kier molecular flexibility index (Phi) is 3.63. The maximum atomic E-state index is 5.70. The first-order valence-electron chi connectivity index (χ1n) is 7.43. The molecule has 5 heteroatoms. The summed E-state index contributed by atoms with van der Waals surface area (Å²) in [6.07, 6.45) is 0. The molecule has 0 fully saturated rings. The lowest BCUT2D eigenvalue weighted by Crippen LogP contribution is -1.93. The Morgan fingerprint density at radius 3 is 2.91 bits per heavy atom. The van der Waals surface area contributed by atoms with Crippen molar-refractivity contribution in [3.63, 3.8) is 0 Å². The summed E-state index contributed by atoms with van der Waals surface area (Å²) >= 11 is 1.61. The molecule has 0 radical (unpaired) electrons. The van der Waals surface area contributed by atoms with Gasteiger partial charge >= 0.3 is 0 Å². The van der Waals surface area contributed by atoms with Crippen LogP contribution in [0.3, 0.4) is 0 Å². The van der Waals surface area contributed by atoms with Gasteiger partial charge in [0.25, 0.3) is 0 Å². The van der Waals surface area contributed by atoms with Crippen LogP contribution in [-0.4, -0.2) is 18.4 Å². The van der Waals surface area contributed by atoms with Crippen LogP contribution in [0, 0.1) is 0 Å². The van der Waals surface area contributed by atoms with Gasteiger partial charge in [0, 0.05) is 10.9 Å². The largest absolute Gasteiger partial charge is 0.493 e. The molecule has 0 atom stereocenters. The number of para-hydroxylation sites is 1. The molecule has 0 N–H and O–H groups in total. The summed E-state index contributed by atoms with van der Waals surface area (Å²) in [5.41, 5.74) is 2.96. The number of hydrogen-bond acceptors (Lipinski definition) is 5. The summed E-state index contributed by atoms with van der Waals surface area (Å²) in [4.78, 5) is 4.76. The molecule has 3 aromatic rings. The second-order valence-electron chi connectivity index (χ2n) is 5.04. The van der Waals surface area contributed by atoms with Gasteiger partial charge in [-0.05, 0) is 37.3 Å². The first-order valence-corrected chi connectivity index (χ1v) is 8.31. The molecule has 116 valence electrons. The lowest BCUT2D eigenvalue weighted by molar-refractivity contribution is 0.174. The first-order chi connectivity index (χ1) is 11.3. The maximum Gasteiger partial charge on any atom is 0.231 e. The molecule has 2 heterocycles. The van der Waals surface area contributed by atoms with Crippen LogP contribution in [0.25, 0.3) is 21.8 Å². The van der Waals surface area contributed by atoms with Crippen molar-refractivity contribution in [2.24, 2.45) is 0 Å². The van der Waals surface area contributed by atoms with E-state index in [0.29, 0.717) is 6.61 Å². The number of aromatic nitrogens is 1. The Morgan fingerprint density at radius 1 is 1.13 bits per heavy atom. The van der Waals surface area contributed by atoms with E-state index in [1.54, 1.807) is 11.3 Å². The highest BCUT2D eigenvalue weighted by molar-refractivity contribution is 7.13. The van der Waals surface area contributed by atoms with Crippen molar-refractivity contribution in [1.29, 1.82) is 0 Å². The summed E-state index contributed by atoms with van der Waals surface area (Å²) < 4.78 is 16.5. The van der Waals surface area contributed by atoms with E-state index in [1.807, 2.05) is 49.4 Å². The summed E-state index contributed by atoms with van der Waals surface area (Å²) in [7, 11) is 0. The number of hydrogen-bond donors (Lipinski definition) is 0. The van der Waals surface area contributed by atoms with Crippen LogP contribution in [0.1, 0.15) is 6.92 Å². The van der Waals surface area contributed by atoms with Gasteiger partial charge in [-0.1, -0.05) is 12.1 Å². The predicted molar refractivity (Wildman–Crippen MR) is 90.3 cm³/mol. The molecule has 0 bridgehead atoms. The molecule has 2 aromatic carbocycles. The van der Waals surface area contributed by atoms with Crippen molar-refractivity contribution < 1.29 is 14.2 Å². The molecule has 23 heavy (non-hydrogen) atoms. The van der Waals surface area contributed by atoms with Crippen LogP contribution in [-0.2, 0) is 0 Å². The Balaban J connectivity index is 1.70. The fourth-order valence-electron chi connectivity index (χ4n) is 2.51. The van der Waals surface area contributed by atoms with E-state index in [4.69, 9.17) is 19.2 Å². The Labute approximate surface area is 138 Å². The lowest BCUT2D eigenvalue weighted by Gasteiger charge is -2.07. The molecule has 1 aliphatic heterocycles. The van der Waals surface area contributed by atoms with Crippen LogP contribution in [0.15, 0.2) is 47.8 Å². The molecular formula is C18H15NO3S.